The quantitative estimate of drug-likeness (QED) is 0.0153. The highest BCUT2D eigenvalue weighted by atomic mass is 16.4. The summed E-state index contributed by atoms with van der Waals surface area (Å²) in [5, 5.41) is 116. The molecule has 92 heavy (non-hydrogen) atoms. The highest BCUT2D eigenvalue weighted by molar-refractivity contribution is 5.98. The molecule has 0 aromatic rings. The first kappa shape index (κ1) is 81.4. The molecule has 8 amide bonds. The number of nitrogens with one attached hydrogen (secondary N) is 18. The van der Waals surface area contributed by atoms with Crippen LogP contribution in [0.3, 0.4) is 0 Å². The van der Waals surface area contributed by atoms with Crippen molar-refractivity contribution >= 4 is 107 Å². The predicted octanol–water partition coefficient (Wildman–Crippen LogP) is -8.95. The Morgan fingerprint density at radius 1 is 0.272 bits per heavy atom. The smallest absolute Gasteiger partial charge is 0.326 e. The normalized spacial score (nSPS) is 13.6. The summed E-state index contributed by atoms with van der Waals surface area (Å²) in [6.07, 6.45) is -6.94. The first-order valence-electron chi connectivity index (χ1n) is 28.8. The molecule has 0 aromatic heterocycles. The molecule has 0 radical (unpaired) electrons. The molecule has 0 unspecified atom stereocenters. The standard InChI is InChI=1S/C50H90N24O18/c51-24(6-1-19-62-46(52)53)37(83)67-28(11-15-33(75)76)41(87)68-25(7-2-20-63-47(54)55)38(84)71-29(12-16-34(77)78)42(88)69-26(8-3-21-64-48(56)57)39(85)72-30(13-17-35(79)80)43(89)70-27(9-4-22-65-49(58)59)40(86)73-31(14-18-36(81)82)44(90)74-32(45(91)92)10-5-23-66-50(60)61/h24-32H,1-23,51H2,(H,67,83)(H,68,87)(H,69,88)(H,70,89)(H,71,84)(H,72,85)(H,73,86)(H,74,90)(H,75,76)(H,77,78)(H,79,80)(H,81,82)(H,91,92)(H4,52,53,62)(H4,54,55,63)(H4,56,57,64)(H4,58,59,65)(H4,60,61,66)/t24-,25-,26-,27-,28-,29-,30-,31-,32-/m0/s1. The lowest BCUT2D eigenvalue weighted by Crippen LogP contribution is -2.60. The molecule has 42 heteroatoms. The number of hydrogen-bond acceptors (Lipinski definition) is 19. The molecule has 0 saturated carbocycles. The van der Waals surface area contributed by atoms with Gasteiger partial charge in [0.25, 0.3) is 0 Å². The molecule has 0 aliphatic rings. The van der Waals surface area contributed by atoms with E-state index in [1.807, 2.05) is 0 Å². The minimum absolute atomic E-state index is 0.00672. The van der Waals surface area contributed by atoms with Crippen LogP contribution in [0.25, 0.3) is 0 Å². The van der Waals surface area contributed by atoms with Gasteiger partial charge < -0.3 is 129 Å². The van der Waals surface area contributed by atoms with Gasteiger partial charge >= 0.3 is 29.8 Å². The van der Waals surface area contributed by atoms with Gasteiger partial charge in [-0.25, -0.2) is 4.79 Å². The lowest BCUT2D eigenvalue weighted by molar-refractivity contribution is -0.143. The van der Waals surface area contributed by atoms with E-state index in [9.17, 15) is 87.9 Å². The summed E-state index contributed by atoms with van der Waals surface area (Å²) in [5.41, 5.74) is 32.7. The van der Waals surface area contributed by atoms with Gasteiger partial charge in [-0.1, -0.05) is 0 Å². The van der Waals surface area contributed by atoms with Crippen molar-refractivity contribution in [3.63, 3.8) is 0 Å². The van der Waals surface area contributed by atoms with Gasteiger partial charge in [-0.2, -0.15) is 0 Å². The summed E-state index contributed by atoms with van der Waals surface area (Å²) in [6, 6.07) is -15.3. The first-order valence-corrected chi connectivity index (χ1v) is 28.8. The van der Waals surface area contributed by atoms with Crippen molar-refractivity contribution in [3.05, 3.63) is 0 Å². The summed E-state index contributed by atoms with van der Waals surface area (Å²) in [6.45, 7) is -0.141. The molecule has 42 nitrogen and oxygen atoms in total. The zero-order valence-corrected chi connectivity index (χ0v) is 50.5. The van der Waals surface area contributed by atoms with E-state index in [1.165, 1.54) is 0 Å². The zero-order chi connectivity index (χ0) is 70.0. The van der Waals surface area contributed by atoms with E-state index < -0.39 is 213 Å². The van der Waals surface area contributed by atoms with Crippen LogP contribution < -0.4 is 104 Å². The number of guanidine groups is 5. The lowest BCUT2D eigenvalue weighted by atomic mass is 10.0. The van der Waals surface area contributed by atoms with Gasteiger partial charge in [-0.3, -0.25) is 84.6 Å². The molecule has 518 valence electrons. The minimum atomic E-state index is -1.90. The van der Waals surface area contributed by atoms with Crippen molar-refractivity contribution in [1.29, 1.82) is 27.0 Å². The third kappa shape index (κ3) is 38.6. The van der Waals surface area contributed by atoms with Gasteiger partial charge in [0, 0.05) is 58.4 Å². The Kier molecular flexibility index (Phi) is 39.6. The van der Waals surface area contributed by atoms with Crippen LogP contribution >= 0.6 is 0 Å². The van der Waals surface area contributed by atoms with Crippen LogP contribution in [0.1, 0.15) is 116 Å². The van der Waals surface area contributed by atoms with Gasteiger partial charge in [0.2, 0.25) is 47.3 Å². The van der Waals surface area contributed by atoms with E-state index in [2.05, 4.69) is 69.1 Å². The molecule has 0 bridgehead atoms. The number of carboxylic acid groups (broad SMARTS) is 5. The van der Waals surface area contributed by atoms with E-state index in [-0.39, 0.29) is 96.5 Å². The molecule has 0 rings (SSSR count). The molecular formula is C50H90N24O18. The third-order valence-electron chi connectivity index (χ3n) is 12.9. The van der Waals surface area contributed by atoms with Gasteiger partial charge in [0.05, 0.1) is 6.04 Å². The SMILES string of the molecule is N=C(N)NCCC[C@H](NC(=O)[C@H](CCC(=O)O)NC(=O)[C@H](CCCNC(=N)N)NC(=O)[C@H](CCC(=O)O)NC(=O)[C@H](CCCNC(=N)N)NC(=O)[C@H](CCC(=O)O)NC(=O)[C@H](CCCNC(=N)N)NC(=O)[C@H](CCC(=O)O)NC(=O)[C@@H](N)CCCNC(=N)N)C(=O)O. The van der Waals surface area contributed by atoms with Crippen LogP contribution in [0.4, 0.5) is 0 Å². The number of rotatable bonds is 49. The predicted molar refractivity (Wildman–Crippen MR) is 324 cm³/mol. The van der Waals surface area contributed by atoms with E-state index >= 15 is 0 Å². The minimum Gasteiger partial charge on any atom is -0.481 e. The highest BCUT2D eigenvalue weighted by Gasteiger charge is 2.36. The van der Waals surface area contributed by atoms with Crippen molar-refractivity contribution in [2.24, 2.45) is 34.4 Å². The largest absolute Gasteiger partial charge is 0.481 e. The van der Waals surface area contributed by atoms with Crippen molar-refractivity contribution < 1.29 is 87.9 Å². The average Bonchev–Trinajstić information content (AvgIpc) is 1.83. The number of hydrogen-bond donors (Lipinski definition) is 29. The molecule has 9 atom stereocenters. The van der Waals surface area contributed by atoms with Gasteiger partial charge in [-0.15, -0.1) is 0 Å². The molecule has 0 heterocycles. The Bertz CT molecular complexity index is 2600. The third-order valence-corrected chi connectivity index (χ3v) is 12.9. The molecule has 35 N–H and O–H groups in total. The summed E-state index contributed by atoms with van der Waals surface area (Å²) < 4.78 is 0. The second kappa shape index (κ2) is 44.8. The number of nitrogens with two attached hydrogens (primary N) is 6. The van der Waals surface area contributed by atoms with Crippen molar-refractivity contribution in [2.75, 3.05) is 32.7 Å². The molecule has 0 saturated heterocycles. The Morgan fingerprint density at radius 2 is 0.446 bits per heavy atom. The zero-order valence-electron chi connectivity index (χ0n) is 50.5. The van der Waals surface area contributed by atoms with Gasteiger partial charge in [0.1, 0.15) is 48.3 Å². The Labute approximate surface area is 526 Å². The molecular weight excluding hydrogens is 1220 g/mol. The second-order valence-corrected chi connectivity index (χ2v) is 20.6. The van der Waals surface area contributed by atoms with Gasteiger partial charge in [-0.05, 0) is 89.9 Å². The van der Waals surface area contributed by atoms with E-state index in [0.717, 1.165) is 0 Å². The molecule has 0 spiro atoms. The molecule has 0 fully saturated rings. The maximum absolute atomic E-state index is 14.4. The fourth-order valence-corrected chi connectivity index (χ4v) is 8.19. The monoisotopic (exact) mass is 1310 g/mol. The first-order chi connectivity index (χ1) is 43.1. The number of aliphatic carboxylic acids is 5. The van der Waals surface area contributed by atoms with Crippen LogP contribution in [-0.2, 0) is 62.3 Å². The maximum atomic E-state index is 14.4. The fraction of sp³-hybridized carbons (Fsp3) is 0.640. The molecule has 0 aliphatic carbocycles. The second-order valence-electron chi connectivity index (χ2n) is 20.6. The summed E-state index contributed by atoms with van der Waals surface area (Å²) in [7, 11) is 0. The van der Waals surface area contributed by atoms with Crippen molar-refractivity contribution in [2.45, 2.75) is 170 Å². The summed E-state index contributed by atoms with van der Waals surface area (Å²) >= 11 is 0. The van der Waals surface area contributed by atoms with Crippen molar-refractivity contribution in [3.8, 4) is 0 Å². The Balaban J connectivity index is 7.35. The maximum Gasteiger partial charge on any atom is 0.326 e. The van der Waals surface area contributed by atoms with Crippen LogP contribution in [-0.4, -0.2) is 220 Å². The Hall–Kier alpha value is -10.6. The van der Waals surface area contributed by atoms with Crippen LogP contribution in [0, 0.1) is 27.0 Å². The van der Waals surface area contributed by atoms with Crippen LogP contribution in [0.2, 0.25) is 0 Å². The summed E-state index contributed by atoms with van der Waals surface area (Å²) in [5.74, 6) is -18.9. The van der Waals surface area contributed by atoms with Crippen molar-refractivity contribution in [1.82, 2.24) is 69.1 Å². The van der Waals surface area contributed by atoms with Crippen LogP contribution in [0.15, 0.2) is 0 Å². The topological polar surface area (TPSA) is 755 Å². The highest BCUT2D eigenvalue weighted by Crippen LogP contribution is 2.11. The number of carbonyl (C=O) groups excluding carboxylic acids is 8. The molecule has 0 aliphatic heterocycles. The van der Waals surface area contributed by atoms with Crippen LogP contribution in [0.5, 0.6) is 0 Å². The lowest BCUT2D eigenvalue weighted by Gasteiger charge is -2.28. The number of carboxylic acids is 5. The average molecular weight is 1320 g/mol. The van der Waals surface area contributed by atoms with E-state index in [4.69, 9.17) is 61.4 Å². The Morgan fingerprint density at radius 3 is 0.641 bits per heavy atom. The fourth-order valence-electron chi connectivity index (χ4n) is 8.19. The number of amides is 8. The molecule has 0 aromatic carbocycles. The van der Waals surface area contributed by atoms with E-state index in [0.29, 0.717) is 0 Å². The summed E-state index contributed by atoms with van der Waals surface area (Å²) in [4.78, 5) is 171. The van der Waals surface area contributed by atoms with E-state index in [1.54, 1.807) is 0 Å². The number of carbonyl (C=O) groups is 13. The van der Waals surface area contributed by atoms with Gasteiger partial charge in [0.15, 0.2) is 29.8 Å².